The molecule has 3 nitrogen and oxygen atoms in total. The van der Waals surface area contributed by atoms with Crippen molar-refractivity contribution in [3.05, 3.63) is 23.2 Å². The molecule has 1 aromatic rings. The van der Waals surface area contributed by atoms with Gasteiger partial charge in [0, 0.05) is 5.56 Å². The molecule has 3 heteroatoms. The summed E-state index contributed by atoms with van der Waals surface area (Å²) >= 11 is 0. The van der Waals surface area contributed by atoms with E-state index < -0.39 is 0 Å². The Morgan fingerprint density at radius 2 is 2.18 bits per heavy atom. The molecule has 0 bridgehead atoms. The second-order valence-corrected chi connectivity index (χ2v) is 5.54. The van der Waals surface area contributed by atoms with E-state index in [4.69, 9.17) is 10.3 Å². The van der Waals surface area contributed by atoms with Crippen LogP contribution in [-0.4, -0.2) is 0 Å². The number of furan rings is 1. The van der Waals surface area contributed by atoms with Crippen LogP contribution in [0.25, 0.3) is 0 Å². The van der Waals surface area contributed by atoms with Gasteiger partial charge in [0.1, 0.15) is 11.5 Å². The first-order valence-electron chi connectivity index (χ1n) is 6.65. The van der Waals surface area contributed by atoms with Gasteiger partial charge in [-0.1, -0.05) is 19.8 Å². The van der Waals surface area contributed by atoms with Gasteiger partial charge >= 0.3 is 0 Å². The van der Waals surface area contributed by atoms with E-state index in [-0.39, 0.29) is 6.04 Å². The van der Waals surface area contributed by atoms with Crippen LogP contribution in [0.3, 0.4) is 0 Å². The quantitative estimate of drug-likeness (QED) is 0.626. The molecule has 0 spiro atoms. The van der Waals surface area contributed by atoms with Crippen molar-refractivity contribution in [1.82, 2.24) is 5.43 Å². The number of hydrogen-bond acceptors (Lipinski definition) is 3. The van der Waals surface area contributed by atoms with Gasteiger partial charge in [0.15, 0.2) is 0 Å². The van der Waals surface area contributed by atoms with Crippen molar-refractivity contribution in [3.8, 4) is 0 Å². The van der Waals surface area contributed by atoms with Gasteiger partial charge in [-0.15, -0.1) is 0 Å². The van der Waals surface area contributed by atoms with Crippen molar-refractivity contribution in [3.63, 3.8) is 0 Å². The van der Waals surface area contributed by atoms with E-state index in [9.17, 15) is 0 Å². The molecule has 0 aromatic carbocycles. The van der Waals surface area contributed by atoms with Gasteiger partial charge in [-0.3, -0.25) is 11.3 Å². The van der Waals surface area contributed by atoms with Crippen LogP contribution >= 0.6 is 0 Å². The third-order valence-electron chi connectivity index (χ3n) is 4.04. The lowest BCUT2D eigenvalue weighted by atomic mass is 9.77. The highest BCUT2D eigenvalue weighted by molar-refractivity contribution is 5.24. The van der Waals surface area contributed by atoms with E-state index in [1.165, 1.54) is 31.2 Å². The third kappa shape index (κ3) is 2.72. The third-order valence-corrected chi connectivity index (χ3v) is 4.04. The number of nitrogens with one attached hydrogen (secondary N) is 1. The smallest absolute Gasteiger partial charge is 0.105 e. The summed E-state index contributed by atoms with van der Waals surface area (Å²) < 4.78 is 5.62. The van der Waals surface area contributed by atoms with Gasteiger partial charge in [0.25, 0.3) is 0 Å². The second-order valence-electron chi connectivity index (χ2n) is 5.54. The van der Waals surface area contributed by atoms with Gasteiger partial charge in [0.05, 0.1) is 6.04 Å². The molecule has 17 heavy (non-hydrogen) atoms. The van der Waals surface area contributed by atoms with Crippen molar-refractivity contribution in [1.29, 1.82) is 0 Å². The molecule has 1 fully saturated rings. The number of nitrogens with two attached hydrogens (primary N) is 1. The van der Waals surface area contributed by atoms with Crippen LogP contribution < -0.4 is 11.3 Å². The summed E-state index contributed by atoms with van der Waals surface area (Å²) in [5, 5.41) is 0. The first kappa shape index (κ1) is 12.7. The lowest BCUT2D eigenvalue weighted by Gasteiger charge is -2.32. The van der Waals surface area contributed by atoms with Gasteiger partial charge in [-0.25, -0.2) is 0 Å². The van der Waals surface area contributed by atoms with Crippen LogP contribution in [0.5, 0.6) is 0 Å². The molecule has 1 aliphatic rings. The van der Waals surface area contributed by atoms with Crippen molar-refractivity contribution >= 4 is 0 Å². The van der Waals surface area contributed by atoms with Crippen LogP contribution in [0, 0.1) is 25.7 Å². The minimum Gasteiger partial charge on any atom is -0.466 e. The lowest BCUT2D eigenvalue weighted by Crippen LogP contribution is -2.35. The van der Waals surface area contributed by atoms with Crippen molar-refractivity contribution < 1.29 is 4.42 Å². The monoisotopic (exact) mass is 236 g/mol. The highest BCUT2D eigenvalue weighted by Crippen LogP contribution is 2.38. The first-order valence-corrected chi connectivity index (χ1v) is 6.65. The zero-order chi connectivity index (χ0) is 12.4. The molecular formula is C14H24N2O. The van der Waals surface area contributed by atoms with Crippen LogP contribution in [-0.2, 0) is 0 Å². The summed E-state index contributed by atoms with van der Waals surface area (Å²) in [5.74, 6) is 9.20. The molecule has 0 saturated heterocycles. The molecule has 1 aliphatic carbocycles. The molecule has 3 atom stereocenters. The number of hydrazine groups is 1. The van der Waals surface area contributed by atoms with E-state index in [0.29, 0.717) is 5.92 Å². The molecule has 3 unspecified atom stereocenters. The fraction of sp³-hybridized carbons (Fsp3) is 0.714. The first-order chi connectivity index (χ1) is 8.11. The Kier molecular flexibility index (Phi) is 3.89. The standard InChI is InChI=1S/C14H24N2O/c1-9-5-4-6-12(7-9)14(16-15)13-8-10(2)17-11(13)3/h8-9,12,14,16H,4-7,15H2,1-3H3. The maximum Gasteiger partial charge on any atom is 0.105 e. The zero-order valence-electron chi connectivity index (χ0n) is 11.1. The summed E-state index contributed by atoms with van der Waals surface area (Å²) in [6.07, 6.45) is 5.21. The zero-order valence-corrected chi connectivity index (χ0v) is 11.1. The average Bonchev–Trinajstić information content (AvgIpc) is 2.59. The van der Waals surface area contributed by atoms with Crippen LogP contribution in [0.4, 0.5) is 0 Å². The van der Waals surface area contributed by atoms with E-state index in [1.54, 1.807) is 0 Å². The second kappa shape index (κ2) is 5.23. The summed E-state index contributed by atoms with van der Waals surface area (Å²) in [6, 6.07) is 2.37. The SMILES string of the molecule is Cc1cc(C(NN)C2CCCC(C)C2)c(C)o1. The van der Waals surface area contributed by atoms with Gasteiger partial charge in [-0.05, 0) is 44.6 Å². The van der Waals surface area contributed by atoms with Gasteiger partial charge in [0.2, 0.25) is 0 Å². The highest BCUT2D eigenvalue weighted by atomic mass is 16.3. The normalized spacial score (nSPS) is 27.1. The summed E-state index contributed by atoms with van der Waals surface area (Å²) in [5.41, 5.74) is 4.24. The topological polar surface area (TPSA) is 51.2 Å². The average molecular weight is 236 g/mol. The molecule has 2 rings (SSSR count). The van der Waals surface area contributed by atoms with Crippen molar-refractivity contribution in [2.24, 2.45) is 17.7 Å². The Morgan fingerprint density at radius 3 is 2.71 bits per heavy atom. The Balaban J connectivity index is 2.18. The minimum absolute atomic E-state index is 0.246. The van der Waals surface area contributed by atoms with E-state index in [2.05, 4.69) is 18.4 Å². The lowest BCUT2D eigenvalue weighted by molar-refractivity contribution is 0.223. The fourth-order valence-corrected chi connectivity index (χ4v) is 3.22. The molecule has 96 valence electrons. The van der Waals surface area contributed by atoms with Crippen LogP contribution in [0.2, 0.25) is 0 Å². The Morgan fingerprint density at radius 1 is 1.41 bits per heavy atom. The number of hydrogen-bond donors (Lipinski definition) is 2. The molecule has 0 radical (unpaired) electrons. The Bertz CT molecular complexity index is 372. The molecule has 0 amide bonds. The molecule has 1 aromatic heterocycles. The summed E-state index contributed by atoms with van der Waals surface area (Å²) in [7, 11) is 0. The summed E-state index contributed by atoms with van der Waals surface area (Å²) in [6.45, 7) is 6.36. The van der Waals surface area contributed by atoms with E-state index in [1.807, 2.05) is 13.8 Å². The Hall–Kier alpha value is -0.800. The predicted octanol–water partition coefficient (Wildman–Crippen LogP) is 3.23. The van der Waals surface area contributed by atoms with Gasteiger partial charge < -0.3 is 4.42 Å². The minimum atomic E-state index is 0.246. The molecule has 0 aliphatic heterocycles. The fourth-order valence-electron chi connectivity index (χ4n) is 3.22. The van der Waals surface area contributed by atoms with E-state index >= 15 is 0 Å². The maximum atomic E-state index is 5.77. The predicted molar refractivity (Wildman–Crippen MR) is 69.4 cm³/mol. The van der Waals surface area contributed by atoms with Crippen LogP contribution in [0.1, 0.15) is 55.7 Å². The Labute approximate surface area is 104 Å². The van der Waals surface area contributed by atoms with Gasteiger partial charge in [-0.2, -0.15) is 0 Å². The molecule has 1 heterocycles. The summed E-state index contributed by atoms with van der Waals surface area (Å²) in [4.78, 5) is 0. The largest absolute Gasteiger partial charge is 0.466 e. The molecular weight excluding hydrogens is 212 g/mol. The van der Waals surface area contributed by atoms with Crippen molar-refractivity contribution in [2.45, 2.75) is 52.5 Å². The highest BCUT2D eigenvalue weighted by Gasteiger charge is 2.29. The maximum absolute atomic E-state index is 5.77. The molecule has 3 N–H and O–H groups in total. The number of rotatable bonds is 3. The van der Waals surface area contributed by atoms with Crippen LogP contribution in [0.15, 0.2) is 10.5 Å². The van der Waals surface area contributed by atoms with Crippen molar-refractivity contribution in [2.75, 3.05) is 0 Å². The van der Waals surface area contributed by atoms with E-state index in [0.717, 1.165) is 17.4 Å². The number of aryl methyl sites for hydroxylation is 2. The molecule has 1 saturated carbocycles.